The summed E-state index contributed by atoms with van der Waals surface area (Å²) in [5.74, 6) is -0.591. The van der Waals surface area contributed by atoms with Crippen LogP contribution >= 0.6 is 11.3 Å². The molecule has 1 aromatic heterocycles. The molecule has 0 spiro atoms. The average molecular weight is 562 g/mol. The van der Waals surface area contributed by atoms with Gasteiger partial charge in [0.05, 0.1) is 22.3 Å². The molecule has 0 saturated carbocycles. The zero-order valence-corrected chi connectivity index (χ0v) is 23.2. The van der Waals surface area contributed by atoms with Crippen molar-refractivity contribution in [3.05, 3.63) is 114 Å². The predicted octanol–water partition coefficient (Wildman–Crippen LogP) is 6.01. The van der Waals surface area contributed by atoms with Crippen molar-refractivity contribution >= 4 is 45.0 Å². The van der Waals surface area contributed by atoms with Crippen LogP contribution in [0.5, 0.6) is 5.75 Å². The first-order chi connectivity index (χ1) is 20.0. The number of hydrogen-bond donors (Lipinski definition) is 0. The summed E-state index contributed by atoms with van der Waals surface area (Å²) in [6, 6.07) is 30.9. The smallest absolute Gasteiger partial charge is 0.261 e. The SMILES string of the molecule is Cc1ccc2nc(-c3ccc(N4C(=O)CC(N(Cc5ccccc5)C(=O)COc5ccccc5)C4=O)cc3)sc2c1. The van der Waals surface area contributed by atoms with Gasteiger partial charge in [-0.1, -0.05) is 54.6 Å². The van der Waals surface area contributed by atoms with Gasteiger partial charge in [-0.2, -0.15) is 0 Å². The highest BCUT2D eigenvalue weighted by molar-refractivity contribution is 7.21. The Labute approximate surface area is 241 Å². The second-order valence-corrected chi connectivity index (χ2v) is 11.0. The summed E-state index contributed by atoms with van der Waals surface area (Å²) in [6.07, 6.45) is -0.0955. The fourth-order valence-electron chi connectivity index (χ4n) is 4.94. The highest BCUT2D eigenvalue weighted by Crippen LogP contribution is 2.33. The summed E-state index contributed by atoms with van der Waals surface area (Å²) >= 11 is 1.60. The Balaban J connectivity index is 1.23. The molecule has 204 valence electrons. The van der Waals surface area contributed by atoms with Gasteiger partial charge in [0.25, 0.3) is 11.8 Å². The number of fused-ring (bicyclic) bond motifs is 1. The fraction of sp³-hybridized carbons (Fsp3) is 0.152. The molecule has 1 aliphatic heterocycles. The maximum Gasteiger partial charge on any atom is 0.261 e. The standard InChI is InChI=1S/C33H27N3O4S/c1-22-12-17-27-29(18-22)41-32(34-27)24-13-15-25(16-14-24)36-30(37)19-28(33(36)39)35(20-23-8-4-2-5-9-23)31(38)21-40-26-10-6-3-7-11-26/h2-18,28H,19-21H2,1H3. The zero-order valence-electron chi connectivity index (χ0n) is 22.4. The van der Waals surface area contributed by atoms with E-state index in [1.54, 1.807) is 35.6 Å². The number of para-hydroxylation sites is 1. The number of ether oxygens (including phenoxy) is 1. The first-order valence-electron chi connectivity index (χ1n) is 13.3. The molecule has 1 aliphatic rings. The van der Waals surface area contributed by atoms with E-state index in [4.69, 9.17) is 9.72 Å². The van der Waals surface area contributed by atoms with Crippen LogP contribution < -0.4 is 9.64 Å². The second kappa shape index (κ2) is 11.3. The molecule has 3 amide bonds. The predicted molar refractivity (Wildman–Crippen MR) is 160 cm³/mol. The molecule has 4 aromatic carbocycles. The molecule has 1 unspecified atom stereocenters. The molecule has 7 nitrogen and oxygen atoms in total. The lowest BCUT2D eigenvalue weighted by atomic mass is 10.1. The van der Waals surface area contributed by atoms with Crippen LogP contribution in [0.25, 0.3) is 20.8 Å². The molecule has 5 aromatic rings. The molecule has 1 atom stereocenters. The van der Waals surface area contributed by atoms with Crippen LogP contribution in [0.2, 0.25) is 0 Å². The second-order valence-electron chi connectivity index (χ2n) is 9.93. The summed E-state index contributed by atoms with van der Waals surface area (Å²) in [6.45, 7) is 1.99. The Morgan fingerprint density at radius 1 is 0.951 bits per heavy atom. The minimum Gasteiger partial charge on any atom is -0.484 e. The van der Waals surface area contributed by atoms with Gasteiger partial charge in [-0.15, -0.1) is 11.3 Å². The molecule has 6 rings (SSSR count). The van der Waals surface area contributed by atoms with Crippen LogP contribution in [0, 0.1) is 6.92 Å². The number of nitrogens with zero attached hydrogens (tertiary/aromatic N) is 3. The summed E-state index contributed by atoms with van der Waals surface area (Å²) in [4.78, 5) is 47.7. The number of carbonyl (C=O) groups is 3. The van der Waals surface area contributed by atoms with Gasteiger partial charge in [-0.25, -0.2) is 9.88 Å². The van der Waals surface area contributed by atoms with Gasteiger partial charge in [0.15, 0.2) is 6.61 Å². The van der Waals surface area contributed by atoms with E-state index in [0.717, 1.165) is 26.4 Å². The monoisotopic (exact) mass is 561 g/mol. The number of aromatic nitrogens is 1. The number of aryl methyl sites for hydroxylation is 1. The van der Waals surface area contributed by atoms with Gasteiger partial charge in [-0.3, -0.25) is 14.4 Å². The van der Waals surface area contributed by atoms with E-state index < -0.39 is 11.9 Å². The molecule has 0 bridgehead atoms. The van der Waals surface area contributed by atoms with Gasteiger partial charge >= 0.3 is 0 Å². The number of imide groups is 1. The first-order valence-corrected chi connectivity index (χ1v) is 14.1. The zero-order chi connectivity index (χ0) is 28.3. The average Bonchev–Trinajstić information content (AvgIpc) is 3.55. The van der Waals surface area contributed by atoms with Crippen molar-refractivity contribution < 1.29 is 19.1 Å². The van der Waals surface area contributed by atoms with Crippen molar-refractivity contribution in [2.24, 2.45) is 0 Å². The van der Waals surface area contributed by atoms with Gasteiger partial charge in [-0.05, 0) is 66.6 Å². The Morgan fingerprint density at radius 2 is 1.66 bits per heavy atom. The molecule has 2 heterocycles. The molecule has 41 heavy (non-hydrogen) atoms. The van der Waals surface area contributed by atoms with E-state index in [1.165, 1.54) is 15.4 Å². The summed E-state index contributed by atoms with van der Waals surface area (Å²) in [5.41, 5.74) is 4.34. The topological polar surface area (TPSA) is 79.8 Å². The quantitative estimate of drug-likeness (QED) is 0.217. The van der Waals surface area contributed by atoms with E-state index in [1.807, 2.05) is 72.8 Å². The lowest BCUT2D eigenvalue weighted by molar-refractivity contribution is -0.140. The van der Waals surface area contributed by atoms with Gasteiger partial charge in [0.1, 0.15) is 16.8 Å². The summed E-state index contributed by atoms with van der Waals surface area (Å²) in [5, 5.41) is 0.868. The van der Waals surface area contributed by atoms with Crippen molar-refractivity contribution in [2.75, 3.05) is 11.5 Å². The van der Waals surface area contributed by atoms with Crippen molar-refractivity contribution in [3.63, 3.8) is 0 Å². The molecule has 0 aliphatic carbocycles. The molecule has 8 heteroatoms. The third-order valence-electron chi connectivity index (χ3n) is 7.04. The molecule has 0 radical (unpaired) electrons. The highest BCUT2D eigenvalue weighted by Gasteiger charge is 2.44. The fourth-order valence-corrected chi connectivity index (χ4v) is 6.01. The normalized spacial score (nSPS) is 15.0. The van der Waals surface area contributed by atoms with Crippen molar-refractivity contribution in [3.8, 4) is 16.3 Å². The van der Waals surface area contributed by atoms with E-state index in [9.17, 15) is 14.4 Å². The van der Waals surface area contributed by atoms with E-state index >= 15 is 0 Å². The van der Waals surface area contributed by atoms with Crippen LogP contribution in [0.15, 0.2) is 103 Å². The number of thiazole rings is 1. The lowest BCUT2D eigenvalue weighted by Gasteiger charge is -2.28. The summed E-state index contributed by atoms with van der Waals surface area (Å²) in [7, 11) is 0. The number of rotatable bonds is 8. The Kier molecular flexibility index (Phi) is 7.31. The van der Waals surface area contributed by atoms with E-state index in [-0.39, 0.29) is 31.4 Å². The minimum atomic E-state index is -0.929. The summed E-state index contributed by atoms with van der Waals surface area (Å²) < 4.78 is 6.80. The molecule has 1 saturated heterocycles. The number of anilines is 1. The Morgan fingerprint density at radius 3 is 2.39 bits per heavy atom. The van der Waals surface area contributed by atoms with Crippen LogP contribution in [0.1, 0.15) is 17.5 Å². The number of benzene rings is 4. The third kappa shape index (κ3) is 5.60. The molecule has 1 fully saturated rings. The molecule has 0 N–H and O–H groups in total. The third-order valence-corrected chi connectivity index (χ3v) is 8.10. The van der Waals surface area contributed by atoms with Crippen molar-refractivity contribution in [1.29, 1.82) is 0 Å². The van der Waals surface area contributed by atoms with Gasteiger partial charge < -0.3 is 9.64 Å². The Hall–Kier alpha value is -4.82. The van der Waals surface area contributed by atoms with Crippen molar-refractivity contribution in [2.45, 2.75) is 25.9 Å². The van der Waals surface area contributed by atoms with E-state index in [0.29, 0.717) is 11.4 Å². The first kappa shape index (κ1) is 26.4. The van der Waals surface area contributed by atoms with E-state index in [2.05, 4.69) is 13.0 Å². The molecular formula is C33H27N3O4S. The lowest BCUT2D eigenvalue weighted by Crippen LogP contribution is -2.46. The Bertz CT molecular complexity index is 1720. The van der Waals surface area contributed by atoms with Crippen LogP contribution in [0.3, 0.4) is 0 Å². The van der Waals surface area contributed by atoms with Gasteiger partial charge in [0.2, 0.25) is 5.91 Å². The maximum absolute atomic E-state index is 13.7. The maximum atomic E-state index is 13.7. The van der Waals surface area contributed by atoms with Crippen LogP contribution in [-0.4, -0.2) is 40.3 Å². The number of carbonyl (C=O) groups excluding carboxylic acids is 3. The van der Waals surface area contributed by atoms with Gasteiger partial charge in [0, 0.05) is 12.1 Å². The minimum absolute atomic E-state index is 0.0955. The number of amides is 3. The highest BCUT2D eigenvalue weighted by atomic mass is 32.1. The van der Waals surface area contributed by atoms with Crippen molar-refractivity contribution in [1.82, 2.24) is 9.88 Å². The molecular weight excluding hydrogens is 534 g/mol. The largest absolute Gasteiger partial charge is 0.484 e. The van der Waals surface area contributed by atoms with Crippen LogP contribution in [-0.2, 0) is 20.9 Å². The number of hydrogen-bond acceptors (Lipinski definition) is 6. The van der Waals surface area contributed by atoms with Crippen LogP contribution in [0.4, 0.5) is 5.69 Å².